The maximum Gasteiger partial charge on any atom is 0.337 e. The van der Waals surface area contributed by atoms with E-state index in [1.54, 1.807) is 36.4 Å². The van der Waals surface area contributed by atoms with Gasteiger partial charge in [-0.3, -0.25) is 9.69 Å². The van der Waals surface area contributed by atoms with Crippen molar-refractivity contribution in [1.29, 1.82) is 0 Å². The van der Waals surface area contributed by atoms with E-state index in [1.165, 1.54) is 20.0 Å². The van der Waals surface area contributed by atoms with Gasteiger partial charge in [0.1, 0.15) is 17.2 Å². The molecule has 7 nitrogen and oxygen atoms in total. The van der Waals surface area contributed by atoms with Crippen LogP contribution in [-0.2, 0) is 21.6 Å². The Kier molecular flexibility index (Phi) is 7.46. The van der Waals surface area contributed by atoms with Gasteiger partial charge in [0.25, 0.3) is 0 Å². The summed E-state index contributed by atoms with van der Waals surface area (Å²) in [4.78, 5) is 34.6. The Morgan fingerprint density at radius 1 is 1.11 bits per heavy atom. The number of fused-ring (bicyclic) bond motifs is 7. The molecular weight excluding hydrogens is 614 g/mol. The average molecular weight is 650 g/mol. The highest BCUT2D eigenvalue weighted by molar-refractivity contribution is 6.31. The molecule has 3 aliphatic heterocycles. The predicted octanol–water partition coefficient (Wildman–Crippen LogP) is 7.90. The summed E-state index contributed by atoms with van der Waals surface area (Å²) in [6.07, 6.45) is 5.30. The number of hydrogen-bond acceptors (Lipinski definition) is 5. The Balaban J connectivity index is 0.00000325. The molecule has 1 N–H and O–H groups in total. The molecule has 2 fully saturated rings. The van der Waals surface area contributed by atoms with E-state index < -0.39 is 23.2 Å². The third-order valence-corrected chi connectivity index (χ3v) is 11.0. The first kappa shape index (κ1) is 30.2. The van der Waals surface area contributed by atoms with E-state index in [1.807, 2.05) is 18.2 Å². The number of anilines is 1. The third kappa shape index (κ3) is 4.29. The molecule has 1 saturated carbocycles. The first-order valence-electron chi connectivity index (χ1n) is 15.2. The van der Waals surface area contributed by atoms with Gasteiger partial charge in [0, 0.05) is 47.2 Å². The number of nitrogens with zero attached hydrogens (tertiary/aromatic N) is 3. The monoisotopic (exact) mass is 648 g/mol. The molecule has 10 heteroatoms. The highest BCUT2D eigenvalue weighted by Gasteiger charge is 2.68. The lowest BCUT2D eigenvalue weighted by Crippen LogP contribution is -2.53. The summed E-state index contributed by atoms with van der Waals surface area (Å²) in [5.41, 5.74) is 2.63. The number of hydrogen-bond donors (Lipinski definition) is 1. The summed E-state index contributed by atoms with van der Waals surface area (Å²) in [5, 5.41) is 3.69. The normalized spacial score (nSPS) is 25.6. The van der Waals surface area contributed by atoms with Crippen molar-refractivity contribution < 1.29 is 18.7 Å². The molecule has 1 amide bonds. The Labute approximate surface area is 271 Å². The van der Waals surface area contributed by atoms with Gasteiger partial charge in [-0.1, -0.05) is 61.7 Å². The van der Waals surface area contributed by atoms with Crippen molar-refractivity contribution in [3.05, 3.63) is 93.0 Å². The summed E-state index contributed by atoms with van der Waals surface area (Å²) in [7, 11) is 1.36. The number of esters is 1. The summed E-state index contributed by atoms with van der Waals surface area (Å²) in [6, 6.07) is 15.9. The van der Waals surface area contributed by atoms with Gasteiger partial charge in [0.2, 0.25) is 5.91 Å². The summed E-state index contributed by atoms with van der Waals surface area (Å²) >= 11 is 12.9. The van der Waals surface area contributed by atoms with Gasteiger partial charge in [-0.15, -0.1) is 0 Å². The van der Waals surface area contributed by atoms with Crippen molar-refractivity contribution in [2.24, 2.45) is 5.92 Å². The highest BCUT2D eigenvalue weighted by atomic mass is 35.5. The molecule has 1 saturated heterocycles. The molecule has 4 atom stereocenters. The molecule has 8 rings (SSSR count). The van der Waals surface area contributed by atoms with Crippen LogP contribution in [0.5, 0.6) is 0 Å². The maximum absolute atomic E-state index is 16.3. The number of rotatable bonds is 4. The second-order valence-electron chi connectivity index (χ2n) is 12.5. The Bertz CT molecular complexity index is 1850. The van der Waals surface area contributed by atoms with E-state index >= 15 is 4.39 Å². The minimum Gasteiger partial charge on any atom is -0.465 e. The number of halogens is 3. The van der Waals surface area contributed by atoms with Crippen LogP contribution in [0.25, 0.3) is 11.0 Å². The second-order valence-corrected chi connectivity index (χ2v) is 13.4. The molecule has 4 aromatic rings. The van der Waals surface area contributed by atoms with E-state index in [9.17, 15) is 9.59 Å². The van der Waals surface area contributed by atoms with Gasteiger partial charge in [-0.25, -0.2) is 14.2 Å². The van der Waals surface area contributed by atoms with Crippen molar-refractivity contribution in [3.63, 3.8) is 0 Å². The summed E-state index contributed by atoms with van der Waals surface area (Å²) < 4.78 is 23.5. The molecule has 0 bridgehead atoms. The summed E-state index contributed by atoms with van der Waals surface area (Å²) in [6.45, 7) is 1.41. The number of amides is 1. The van der Waals surface area contributed by atoms with Crippen molar-refractivity contribution in [3.8, 4) is 0 Å². The van der Waals surface area contributed by atoms with Crippen LogP contribution < -0.4 is 5.32 Å². The molecule has 0 unspecified atom stereocenters. The largest absolute Gasteiger partial charge is 0.465 e. The van der Waals surface area contributed by atoms with Crippen molar-refractivity contribution in [2.75, 3.05) is 19.0 Å². The SMILES string of the molecule is C.COC(=O)c1ccc2c(c1)nc1n2CC[C@H]2[C@@H]1[C@H](c1cccc(Cl)c1F)[C@]1(C(=O)Nc3cc(Cl)ccc31)N2CC1CCCC1. The number of aromatic nitrogens is 2. The standard InChI is InChI=1S/C34H31Cl2FN4O3.CH4/c1-44-32(42)19-9-12-26-25(15-19)38-31-28-27(13-14-40(26)31)41(17-18-5-2-3-6-18)34(29(28)21-7-4-8-23(36)30(21)37)22-11-10-20(35)16-24(22)39-33(34)43;/h4,7-12,15-16,18,27-29H,2-3,5-6,13-14,17H2,1H3,(H,39,43);1H4/t27-,28+,29-,34+;/m0./s1. The second kappa shape index (κ2) is 11.1. The van der Waals surface area contributed by atoms with E-state index in [-0.39, 0.29) is 30.3 Å². The van der Waals surface area contributed by atoms with Crippen molar-refractivity contribution in [2.45, 2.75) is 69.5 Å². The molecule has 0 radical (unpaired) electrons. The molecule has 1 spiro atoms. The van der Waals surface area contributed by atoms with Gasteiger partial charge in [-0.2, -0.15) is 0 Å². The number of methoxy groups -OCH3 is 1. The molecule has 1 aliphatic carbocycles. The van der Waals surface area contributed by atoms with Gasteiger partial charge in [-0.05, 0) is 67.1 Å². The fraction of sp³-hybridized carbons (Fsp3) is 0.400. The Morgan fingerprint density at radius 3 is 2.69 bits per heavy atom. The molecule has 4 heterocycles. The minimum absolute atomic E-state index is 0. The number of likely N-dealkylation sites (tertiary alicyclic amines) is 1. The molecule has 234 valence electrons. The van der Waals surface area contributed by atoms with Crippen LogP contribution in [0.15, 0.2) is 54.6 Å². The van der Waals surface area contributed by atoms with Crippen LogP contribution in [0.1, 0.15) is 78.7 Å². The maximum atomic E-state index is 16.3. The zero-order valence-electron chi connectivity index (χ0n) is 24.2. The quantitative estimate of drug-likeness (QED) is 0.228. The number of benzene rings is 3. The first-order chi connectivity index (χ1) is 21.3. The Morgan fingerprint density at radius 2 is 1.91 bits per heavy atom. The molecular formula is C35H35Cl2FN4O3. The number of nitrogens with one attached hydrogen (secondary N) is 1. The van der Waals surface area contributed by atoms with Crippen molar-refractivity contribution >= 4 is 51.8 Å². The van der Waals surface area contributed by atoms with E-state index in [0.29, 0.717) is 39.8 Å². The van der Waals surface area contributed by atoms with Crippen LogP contribution in [0, 0.1) is 11.7 Å². The van der Waals surface area contributed by atoms with Gasteiger partial charge >= 0.3 is 5.97 Å². The topological polar surface area (TPSA) is 76.5 Å². The van der Waals surface area contributed by atoms with Crippen LogP contribution >= 0.6 is 23.2 Å². The van der Waals surface area contributed by atoms with E-state index in [2.05, 4.69) is 14.8 Å². The van der Waals surface area contributed by atoms with Gasteiger partial charge in [0.05, 0.1) is 28.7 Å². The van der Waals surface area contributed by atoms with Crippen LogP contribution in [0.3, 0.4) is 0 Å². The lowest BCUT2D eigenvalue weighted by Gasteiger charge is -2.41. The average Bonchev–Trinajstić information content (AvgIpc) is 3.78. The fourth-order valence-electron chi connectivity index (χ4n) is 8.73. The molecule has 45 heavy (non-hydrogen) atoms. The van der Waals surface area contributed by atoms with Gasteiger partial charge in [0.15, 0.2) is 0 Å². The fourth-order valence-corrected chi connectivity index (χ4v) is 9.09. The number of aryl methyl sites for hydroxylation is 1. The minimum atomic E-state index is -1.20. The lowest BCUT2D eigenvalue weighted by atomic mass is 9.70. The van der Waals surface area contributed by atoms with Crippen LogP contribution in [0.2, 0.25) is 10.0 Å². The number of carbonyl (C=O) groups excluding carboxylic acids is 2. The number of ether oxygens (including phenoxy) is 1. The van der Waals surface area contributed by atoms with E-state index in [4.69, 9.17) is 32.9 Å². The predicted molar refractivity (Wildman–Crippen MR) is 174 cm³/mol. The van der Waals surface area contributed by atoms with Crippen molar-refractivity contribution in [1.82, 2.24) is 14.5 Å². The smallest absolute Gasteiger partial charge is 0.337 e. The molecule has 1 aromatic heterocycles. The third-order valence-electron chi connectivity index (χ3n) is 10.5. The lowest BCUT2D eigenvalue weighted by molar-refractivity contribution is -0.128. The number of carbonyl (C=O) groups is 2. The van der Waals surface area contributed by atoms with E-state index in [0.717, 1.165) is 42.7 Å². The highest BCUT2D eigenvalue weighted by Crippen LogP contribution is 2.64. The van der Waals surface area contributed by atoms with Gasteiger partial charge < -0.3 is 14.6 Å². The molecule has 4 aliphatic rings. The van der Waals surface area contributed by atoms with Crippen LogP contribution in [0.4, 0.5) is 10.1 Å². The molecule has 3 aromatic carbocycles. The first-order valence-corrected chi connectivity index (χ1v) is 16.0. The summed E-state index contributed by atoms with van der Waals surface area (Å²) in [5.74, 6) is -0.881. The number of imidazole rings is 1. The Hall–Kier alpha value is -3.46. The zero-order valence-corrected chi connectivity index (χ0v) is 25.7. The van der Waals surface area contributed by atoms with Crippen LogP contribution in [-0.4, -0.2) is 46.0 Å². The zero-order chi connectivity index (χ0) is 30.3.